The Kier molecular flexibility index (Phi) is 5.58. The second kappa shape index (κ2) is 7.42. The topological polar surface area (TPSA) is 87.5 Å². The fourth-order valence-electron chi connectivity index (χ4n) is 2.27. The van der Waals surface area contributed by atoms with Crippen molar-refractivity contribution in [3.63, 3.8) is 0 Å². The molecule has 0 aliphatic carbocycles. The molecule has 1 amide bonds. The van der Waals surface area contributed by atoms with Crippen molar-refractivity contribution in [3.8, 4) is 0 Å². The van der Waals surface area contributed by atoms with Gasteiger partial charge in [0.1, 0.15) is 5.02 Å². The molecular formula is C13H19ClN4O3. The molecule has 2 rings (SSSR count). The summed E-state index contributed by atoms with van der Waals surface area (Å²) < 4.78 is 1.10. The van der Waals surface area contributed by atoms with Crippen LogP contribution >= 0.6 is 11.6 Å². The molecule has 1 aromatic rings. The van der Waals surface area contributed by atoms with Crippen molar-refractivity contribution in [3.05, 3.63) is 21.6 Å². The Balaban J connectivity index is 1.89. The molecule has 8 heteroatoms. The number of amides is 1. The molecular weight excluding hydrogens is 296 g/mol. The maximum Gasteiger partial charge on any atom is 0.287 e. The van der Waals surface area contributed by atoms with Crippen LogP contribution in [-0.2, 0) is 11.3 Å². The van der Waals surface area contributed by atoms with Gasteiger partial charge >= 0.3 is 0 Å². The number of hydrogen-bond acceptors (Lipinski definition) is 5. The van der Waals surface area contributed by atoms with E-state index < -0.39 is 5.56 Å². The third-order valence-electron chi connectivity index (χ3n) is 3.41. The highest BCUT2D eigenvalue weighted by Gasteiger charge is 2.17. The second-order valence-corrected chi connectivity index (χ2v) is 5.27. The van der Waals surface area contributed by atoms with E-state index in [0.29, 0.717) is 18.7 Å². The van der Waals surface area contributed by atoms with E-state index in [1.54, 1.807) is 0 Å². The van der Waals surface area contributed by atoms with Gasteiger partial charge in [-0.15, -0.1) is 0 Å². The first kappa shape index (κ1) is 15.8. The van der Waals surface area contributed by atoms with Crippen molar-refractivity contribution >= 4 is 23.2 Å². The third kappa shape index (κ3) is 3.95. The summed E-state index contributed by atoms with van der Waals surface area (Å²) in [5, 5.41) is 15.7. The highest BCUT2D eigenvalue weighted by Crippen LogP contribution is 2.15. The third-order valence-corrected chi connectivity index (χ3v) is 3.78. The lowest BCUT2D eigenvalue weighted by atomic mass is 10.3. The molecule has 1 aliphatic rings. The first-order valence-corrected chi connectivity index (χ1v) is 7.39. The SMILES string of the molecule is O=C(CCNc1cnn(CCO)c(=O)c1Cl)N1CCCC1. The minimum atomic E-state index is -0.457. The van der Waals surface area contributed by atoms with Gasteiger partial charge < -0.3 is 15.3 Å². The van der Waals surface area contributed by atoms with Crippen LogP contribution in [0.2, 0.25) is 5.02 Å². The van der Waals surface area contributed by atoms with Crippen LogP contribution in [0, 0.1) is 0 Å². The van der Waals surface area contributed by atoms with Gasteiger partial charge in [0.25, 0.3) is 5.56 Å². The zero-order valence-electron chi connectivity index (χ0n) is 11.7. The van der Waals surface area contributed by atoms with Crippen molar-refractivity contribution in [1.82, 2.24) is 14.7 Å². The highest BCUT2D eigenvalue weighted by molar-refractivity contribution is 6.32. The molecule has 0 aromatic carbocycles. The standard InChI is InChI=1S/C13H19ClN4O3/c14-12-10(9-16-18(7-8-19)13(12)21)15-4-3-11(20)17-5-1-2-6-17/h9,15,19H,1-8H2. The molecule has 7 nitrogen and oxygen atoms in total. The molecule has 1 aromatic heterocycles. The van der Waals surface area contributed by atoms with Gasteiger partial charge in [0, 0.05) is 26.1 Å². The summed E-state index contributed by atoms with van der Waals surface area (Å²) in [6.07, 6.45) is 3.92. The van der Waals surface area contributed by atoms with E-state index in [2.05, 4.69) is 10.4 Å². The van der Waals surface area contributed by atoms with Crippen LogP contribution in [0.1, 0.15) is 19.3 Å². The summed E-state index contributed by atoms with van der Waals surface area (Å²) in [6.45, 7) is 1.99. The van der Waals surface area contributed by atoms with Crippen molar-refractivity contribution in [2.24, 2.45) is 0 Å². The molecule has 1 aliphatic heterocycles. The van der Waals surface area contributed by atoms with Crippen molar-refractivity contribution in [2.45, 2.75) is 25.8 Å². The quantitative estimate of drug-likeness (QED) is 0.789. The molecule has 2 N–H and O–H groups in total. The number of nitrogens with one attached hydrogen (secondary N) is 1. The molecule has 116 valence electrons. The van der Waals surface area contributed by atoms with Gasteiger partial charge in [-0.05, 0) is 12.8 Å². The summed E-state index contributed by atoms with van der Waals surface area (Å²) >= 11 is 5.96. The monoisotopic (exact) mass is 314 g/mol. The lowest BCUT2D eigenvalue weighted by molar-refractivity contribution is -0.129. The Morgan fingerprint density at radius 3 is 2.81 bits per heavy atom. The number of nitrogens with zero attached hydrogens (tertiary/aromatic N) is 3. The number of carbonyl (C=O) groups is 1. The fourth-order valence-corrected chi connectivity index (χ4v) is 2.48. The van der Waals surface area contributed by atoms with Gasteiger partial charge in [0.05, 0.1) is 25.0 Å². The first-order valence-electron chi connectivity index (χ1n) is 7.01. The number of aromatic nitrogens is 2. The predicted molar refractivity (Wildman–Crippen MR) is 79.5 cm³/mol. The van der Waals surface area contributed by atoms with Crippen LogP contribution in [0.5, 0.6) is 0 Å². The maximum absolute atomic E-state index is 11.9. The normalized spacial score (nSPS) is 14.5. The average molecular weight is 315 g/mol. The Morgan fingerprint density at radius 2 is 2.14 bits per heavy atom. The fraction of sp³-hybridized carbons (Fsp3) is 0.615. The van der Waals surface area contributed by atoms with Gasteiger partial charge in [0.2, 0.25) is 5.91 Å². The molecule has 0 unspecified atom stereocenters. The van der Waals surface area contributed by atoms with Crippen LogP contribution in [0.3, 0.4) is 0 Å². The number of halogens is 1. The second-order valence-electron chi connectivity index (χ2n) is 4.89. The number of hydrogen-bond donors (Lipinski definition) is 2. The van der Waals surface area contributed by atoms with Gasteiger partial charge in [0.15, 0.2) is 0 Å². The van der Waals surface area contributed by atoms with Gasteiger partial charge in [-0.3, -0.25) is 9.59 Å². The summed E-state index contributed by atoms with van der Waals surface area (Å²) in [6, 6.07) is 0. The average Bonchev–Trinajstić information content (AvgIpc) is 3.00. The molecule has 0 atom stereocenters. The summed E-state index contributed by atoms with van der Waals surface area (Å²) in [5.74, 6) is 0.109. The van der Waals surface area contributed by atoms with Crippen molar-refractivity contribution < 1.29 is 9.90 Å². The molecule has 2 heterocycles. The van der Waals surface area contributed by atoms with E-state index in [-0.39, 0.29) is 24.1 Å². The van der Waals surface area contributed by atoms with Crippen molar-refractivity contribution in [1.29, 1.82) is 0 Å². The van der Waals surface area contributed by atoms with Crippen LogP contribution < -0.4 is 10.9 Å². The van der Waals surface area contributed by atoms with Gasteiger partial charge in [-0.25, -0.2) is 4.68 Å². The maximum atomic E-state index is 11.9. The van der Waals surface area contributed by atoms with Crippen LogP contribution in [-0.4, -0.2) is 51.9 Å². The van der Waals surface area contributed by atoms with E-state index >= 15 is 0 Å². The van der Waals surface area contributed by atoms with Crippen LogP contribution in [0.4, 0.5) is 5.69 Å². The number of likely N-dealkylation sites (tertiary alicyclic amines) is 1. The Hall–Kier alpha value is -1.60. The number of carbonyl (C=O) groups excluding carboxylic acids is 1. The van der Waals surface area contributed by atoms with E-state index in [4.69, 9.17) is 16.7 Å². The van der Waals surface area contributed by atoms with Crippen LogP contribution in [0.15, 0.2) is 11.0 Å². The minimum Gasteiger partial charge on any atom is -0.394 e. The molecule has 1 fully saturated rings. The smallest absolute Gasteiger partial charge is 0.287 e. The number of rotatable bonds is 6. The minimum absolute atomic E-state index is 0.0204. The zero-order valence-corrected chi connectivity index (χ0v) is 12.5. The number of aliphatic hydroxyl groups excluding tert-OH is 1. The highest BCUT2D eigenvalue weighted by atomic mass is 35.5. The molecule has 1 saturated heterocycles. The van der Waals surface area contributed by atoms with E-state index in [1.165, 1.54) is 6.20 Å². The molecule has 0 radical (unpaired) electrons. The Bertz CT molecular complexity index is 555. The van der Waals surface area contributed by atoms with Gasteiger partial charge in [-0.1, -0.05) is 11.6 Å². The number of aliphatic hydroxyl groups is 1. The van der Waals surface area contributed by atoms with Crippen LogP contribution in [0.25, 0.3) is 0 Å². The summed E-state index contributed by atoms with van der Waals surface area (Å²) in [5.41, 5.74) is -0.0494. The number of anilines is 1. The van der Waals surface area contributed by atoms with E-state index in [9.17, 15) is 9.59 Å². The summed E-state index contributed by atoms with van der Waals surface area (Å²) in [7, 11) is 0. The Labute approximate surface area is 127 Å². The molecule has 0 bridgehead atoms. The van der Waals surface area contributed by atoms with Gasteiger partial charge in [-0.2, -0.15) is 5.10 Å². The molecule has 21 heavy (non-hydrogen) atoms. The summed E-state index contributed by atoms with van der Waals surface area (Å²) in [4.78, 5) is 25.5. The Morgan fingerprint density at radius 1 is 1.43 bits per heavy atom. The largest absolute Gasteiger partial charge is 0.394 e. The van der Waals surface area contributed by atoms with E-state index in [0.717, 1.165) is 30.6 Å². The van der Waals surface area contributed by atoms with E-state index in [1.807, 2.05) is 4.90 Å². The lowest BCUT2D eigenvalue weighted by Crippen LogP contribution is -2.29. The molecule has 0 saturated carbocycles. The predicted octanol–water partition coefficient (Wildman–Crippen LogP) is 0.313. The molecule has 0 spiro atoms. The lowest BCUT2D eigenvalue weighted by Gasteiger charge is -2.15. The van der Waals surface area contributed by atoms with Crippen molar-refractivity contribution in [2.75, 3.05) is 31.6 Å². The zero-order chi connectivity index (χ0) is 15.2. The first-order chi connectivity index (χ1) is 10.1.